The van der Waals surface area contributed by atoms with Crippen LogP contribution < -0.4 is 0 Å². The molecule has 2 aromatic rings. The van der Waals surface area contributed by atoms with Crippen LogP contribution in [0.1, 0.15) is 28.1 Å². The molecule has 0 radical (unpaired) electrons. The van der Waals surface area contributed by atoms with Crippen molar-refractivity contribution in [2.24, 2.45) is 0 Å². The van der Waals surface area contributed by atoms with E-state index < -0.39 is 17.5 Å². The Hall–Kier alpha value is -1.50. The Morgan fingerprint density at radius 3 is 2.83 bits per heavy atom. The predicted octanol–water partition coefficient (Wildman–Crippen LogP) is 4.50. The Balaban J connectivity index is 1.85. The molecule has 1 saturated heterocycles. The number of nitrogens with zero attached hydrogens (tertiary/aromatic N) is 1. The maximum Gasteiger partial charge on any atom is 0.255 e. The summed E-state index contributed by atoms with van der Waals surface area (Å²) in [7, 11) is 0. The monoisotopic (exact) mass is 371 g/mol. The molecule has 1 aliphatic heterocycles. The van der Waals surface area contributed by atoms with Gasteiger partial charge in [0.05, 0.1) is 23.2 Å². The van der Waals surface area contributed by atoms with E-state index in [9.17, 15) is 13.6 Å². The first-order valence-electron chi connectivity index (χ1n) is 7.62. The van der Waals surface area contributed by atoms with Crippen LogP contribution in [0.15, 0.2) is 29.6 Å². The van der Waals surface area contributed by atoms with Crippen molar-refractivity contribution < 1.29 is 18.3 Å². The van der Waals surface area contributed by atoms with Crippen molar-refractivity contribution in [3.8, 4) is 0 Å². The fourth-order valence-corrected chi connectivity index (χ4v) is 3.65. The van der Waals surface area contributed by atoms with Gasteiger partial charge >= 0.3 is 0 Å². The zero-order valence-electron chi connectivity index (χ0n) is 12.8. The molecule has 7 heteroatoms. The van der Waals surface area contributed by atoms with E-state index in [0.717, 1.165) is 29.9 Å². The van der Waals surface area contributed by atoms with Crippen molar-refractivity contribution >= 4 is 28.8 Å². The highest BCUT2D eigenvalue weighted by atomic mass is 35.5. The molecule has 0 aliphatic carbocycles. The van der Waals surface area contributed by atoms with E-state index in [1.165, 1.54) is 11.3 Å². The van der Waals surface area contributed by atoms with Gasteiger partial charge in [0, 0.05) is 18.0 Å². The van der Waals surface area contributed by atoms with Gasteiger partial charge in [-0.15, -0.1) is 11.3 Å². The fraction of sp³-hybridized carbons (Fsp3) is 0.353. The lowest BCUT2D eigenvalue weighted by Gasteiger charge is -2.25. The van der Waals surface area contributed by atoms with Crippen molar-refractivity contribution in [2.75, 3.05) is 13.2 Å². The highest BCUT2D eigenvalue weighted by Gasteiger charge is 2.26. The standard InChI is InChI=1S/C17H16ClF2NO2S/c18-14-8-16(20)15(19)7-13(14)17(22)21(9-11-3-1-5-23-11)10-12-4-2-6-24-12/h2,4,6-8,11H,1,3,5,9-10H2. The summed E-state index contributed by atoms with van der Waals surface area (Å²) >= 11 is 7.49. The van der Waals surface area contributed by atoms with Crippen LogP contribution in [-0.4, -0.2) is 30.1 Å². The van der Waals surface area contributed by atoms with Gasteiger partial charge in [-0.25, -0.2) is 8.78 Å². The number of hydrogen-bond acceptors (Lipinski definition) is 3. The first-order chi connectivity index (χ1) is 11.5. The van der Waals surface area contributed by atoms with Crippen LogP contribution >= 0.6 is 22.9 Å². The Labute approximate surface area is 147 Å². The third kappa shape index (κ3) is 3.94. The molecule has 128 valence electrons. The zero-order chi connectivity index (χ0) is 17.1. The van der Waals surface area contributed by atoms with Gasteiger partial charge in [-0.2, -0.15) is 0 Å². The van der Waals surface area contributed by atoms with Crippen molar-refractivity contribution in [2.45, 2.75) is 25.5 Å². The number of carbonyl (C=O) groups is 1. The normalized spacial score (nSPS) is 17.2. The van der Waals surface area contributed by atoms with Crippen LogP contribution in [0.25, 0.3) is 0 Å². The Kier molecular flexibility index (Phi) is 5.48. The molecule has 3 rings (SSSR count). The van der Waals surface area contributed by atoms with Gasteiger partial charge in [0.15, 0.2) is 11.6 Å². The molecule has 1 aliphatic rings. The minimum Gasteiger partial charge on any atom is -0.376 e. The second-order valence-electron chi connectivity index (χ2n) is 5.65. The molecular formula is C17H16ClF2NO2S. The minimum atomic E-state index is -1.09. The number of halogens is 3. The number of hydrogen-bond donors (Lipinski definition) is 0. The maximum atomic E-state index is 13.5. The molecule has 0 N–H and O–H groups in total. The first-order valence-corrected chi connectivity index (χ1v) is 8.88. The third-order valence-corrected chi connectivity index (χ3v) is 5.08. The van der Waals surface area contributed by atoms with Gasteiger partial charge in [0.1, 0.15) is 0 Å². The topological polar surface area (TPSA) is 29.5 Å². The summed E-state index contributed by atoms with van der Waals surface area (Å²) in [6.45, 7) is 1.45. The molecule has 3 nitrogen and oxygen atoms in total. The Bertz CT molecular complexity index is 718. The van der Waals surface area contributed by atoms with Gasteiger partial charge in [-0.3, -0.25) is 4.79 Å². The van der Waals surface area contributed by atoms with Crippen LogP contribution in [0.3, 0.4) is 0 Å². The minimum absolute atomic E-state index is 0.0369. The van der Waals surface area contributed by atoms with E-state index in [-0.39, 0.29) is 16.7 Å². The predicted molar refractivity (Wildman–Crippen MR) is 89.4 cm³/mol. The van der Waals surface area contributed by atoms with Crippen LogP contribution in [0, 0.1) is 11.6 Å². The number of benzene rings is 1. The first kappa shape index (κ1) is 17.3. The molecule has 0 saturated carbocycles. The Morgan fingerprint density at radius 1 is 1.38 bits per heavy atom. The second kappa shape index (κ2) is 7.59. The molecule has 0 bridgehead atoms. The van der Waals surface area contributed by atoms with Gasteiger partial charge in [0.2, 0.25) is 0 Å². The van der Waals surface area contributed by atoms with Crippen molar-refractivity contribution in [3.05, 3.63) is 56.7 Å². The van der Waals surface area contributed by atoms with E-state index in [1.807, 2.05) is 17.5 Å². The summed E-state index contributed by atoms with van der Waals surface area (Å²) < 4.78 is 32.4. The lowest BCUT2D eigenvalue weighted by atomic mass is 10.1. The number of amides is 1. The van der Waals surface area contributed by atoms with Gasteiger partial charge in [0.25, 0.3) is 5.91 Å². The highest BCUT2D eigenvalue weighted by molar-refractivity contribution is 7.09. The average Bonchev–Trinajstić information content (AvgIpc) is 3.23. The highest BCUT2D eigenvalue weighted by Crippen LogP contribution is 2.24. The maximum absolute atomic E-state index is 13.5. The lowest BCUT2D eigenvalue weighted by Crippen LogP contribution is -2.37. The molecule has 1 amide bonds. The Morgan fingerprint density at radius 2 is 2.17 bits per heavy atom. The third-order valence-electron chi connectivity index (χ3n) is 3.90. The fourth-order valence-electron chi connectivity index (χ4n) is 2.70. The summed E-state index contributed by atoms with van der Waals surface area (Å²) in [4.78, 5) is 15.4. The molecule has 1 fully saturated rings. The van der Waals surface area contributed by atoms with E-state index >= 15 is 0 Å². The number of carbonyl (C=O) groups excluding carboxylic acids is 1. The quantitative estimate of drug-likeness (QED) is 0.724. The SMILES string of the molecule is O=C(c1cc(F)c(F)cc1Cl)N(Cc1cccs1)CC1CCCO1. The smallest absolute Gasteiger partial charge is 0.255 e. The zero-order valence-corrected chi connectivity index (χ0v) is 14.4. The van der Waals surface area contributed by atoms with Gasteiger partial charge < -0.3 is 9.64 Å². The molecule has 0 spiro atoms. The molecule has 1 atom stereocenters. The molecule has 1 aromatic heterocycles. The number of rotatable bonds is 5. The summed E-state index contributed by atoms with van der Waals surface area (Å²) in [5.74, 6) is -2.58. The molecule has 1 aromatic carbocycles. The van der Waals surface area contributed by atoms with Gasteiger partial charge in [-0.05, 0) is 36.4 Å². The van der Waals surface area contributed by atoms with Gasteiger partial charge in [-0.1, -0.05) is 17.7 Å². The van der Waals surface area contributed by atoms with Crippen molar-refractivity contribution in [3.63, 3.8) is 0 Å². The van der Waals surface area contributed by atoms with E-state index in [0.29, 0.717) is 19.7 Å². The van der Waals surface area contributed by atoms with Crippen LogP contribution in [0.5, 0.6) is 0 Å². The van der Waals surface area contributed by atoms with E-state index in [2.05, 4.69) is 0 Å². The molecular weight excluding hydrogens is 356 g/mol. The number of thiophene rings is 1. The van der Waals surface area contributed by atoms with Crippen LogP contribution in [0.2, 0.25) is 5.02 Å². The summed E-state index contributed by atoms with van der Waals surface area (Å²) in [5.41, 5.74) is -0.0369. The average molecular weight is 372 g/mol. The van der Waals surface area contributed by atoms with Crippen molar-refractivity contribution in [1.82, 2.24) is 4.90 Å². The lowest BCUT2D eigenvalue weighted by molar-refractivity contribution is 0.0509. The van der Waals surface area contributed by atoms with E-state index in [1.54, 1.807) is 4.90 Å². The molecule has 2 heterocycles. The summed E-state index contributed by atoms with van der Waals surface area (Å²) in [6, 6.07) is 5.52. The van der Waals surface area contributed by atoms with Crippen molar-refractivity contribution in [1.29, 1.82) is 0 Å². The van der Waals surface area contributed by atoms with Crippen LogP contribution in [0.4, 0.5) is 8.78 Å². The van der Waals surface area contributed by atoms with E-state index in [4.69, 9.17) is 16.3 Å². The second-order valence-corrected chi connectivity index (χ2v) is 7.09. The molecule has 1 unspecified atom stereocenters. The summed E-state index contributed by atoms with van der Waals surface area (Å²) in [5, 5.41) is 1.83. The van der Waals surface area contributed by atoms with Crippen LogP contribution in [-0.2, 0) is 11.3 Å². The summed E-state index contributed by atoms with van der Waals surface area (Å²) in [6.07, 6.45) is 1.79. The largest absolute Gasteiger partial charge is 0.376 e. The number of ether oxygens (including phenoxy) is 1. The molecule has 24 heavy (non-hydrogen) atoms.